The van der Waals surface area contributed by atoms with Crippen LogP contribution in [0.5, 0.6) is 0 Å². The Morgan fingerprint density at radius 3 is 2.43 bits per heavy atom. The number of hydrogen-bond acceptors (Lipinski definition) is 7. The molecule has 9 heteroatoms. The van der Waals surface area contributed by atoms with Crippen LogP contribution in [0.1, 0.15) is 11.8 Å². The molecule has 28 heavy (non-hydrogen) atoms. The van der Waals surface area contributed by atoms with Crippen molar-refractivity contribution in [3.63, 3.8) is 0 Å². The fourth-order valence-electron chi connectivity index (χ4n) is 2.97. The van der Waals surface area contributed by atoms with Crippen LogP contribution in [0.4, 0.5) is 0 Å². The molecule has 0 spiro atoms. The quantitative estimate of drug-likeness (QED) is 0.398. The second-order valence-corrected chi connectivity index (χ2v) is 6.78. The lowest BCUT2D eigenvalue weighted by Crippen LogP contribution is -2.35. The van der Waals surface area contributed by atoms with Gasteiger partial charge in [0.05, 0.1) is 23.3 Å². The standard InChI is InChI=1S/C19H17ClN4O4/c20-10-6-7-12-13(8-10)21-16-15(18(28)17(27)14(26)9-25)23-24(19(16)22-12)11-4-2-1-3-5-11/h1-8,14,17-18,25-28H,9H2/t14-,17-,18-/m1/s1. The van der Waals surface area contributed by atoms with E-state index in [2.05, 4.69) is 15.1 Å². The molecule has 2 heterocycles. The highest BCUT2D eigenvalue weighted by Gasteiger charge is 2.31. The van der Waals surface area contributed by atoms with E-state index in [4.69, 9.17) is 16.7 Å². The number of para-hydroxylation sites is 1. The summed E-state index contributed by atoms with van der Waals surface area (Å²) in [4.78, 5) is 9.12. The first-order valence-corrected chi connectivity index (χ1v) is 8.94. The van der Waals surface area contributed by atoms with Crippen LogP contribution in [0.3, 0.4) is 0 Å². The predicted octanol–water partition coefficient (Wildman–Crippen LogP) is 1.37. The summed E-state index contributed by atoms with van der Waals surface area (Å²) in [6.45, 7) is -0.709. The van der Waals surface area contributed by atoms with E-state index in [0.29, 0.717) is 27.4 Å². The van der Waals surface area contributed by atoms with Gasteiger partial charge in [-0.05, 0) is 30.3 Å². The fourth-order valence-corrected chi connectivity index (χ4v) is 3.14. The van der Waals surface area contributed by atoms with Crippen LogP contribution in [0.15, 0.2) is 48.5 Å². The molecule has 2 aromatic carbocycles. The van der Waals surface area contributed by atoms with Gasteiger partial charge in [0.15, 0.2) is 5.65 Å². The van der Waals surface area contributed by atoms with E-state index >= 15 is 0 Å². The van der Waals surface area contributed by atoms with Gasteiger partial charge in [-0.3, -0.25) is 0 Å². The molecule has 2 aromatic heterocycles. The minimum Gasteiger partial charge on any atom is -0.394 e. The molecule has 0 saturated heterocycles. The number of nitrogens with zero attached hydrogens (tertiary/aromatic N) is 4. The number of benzene rings is 2. The van der Waals surface area contributed by atoms with Crippen LogP contribution >= 0.6 is 11.6 Å². The van der Waals surface area contributed by atoms with Gasteiger partial charge in [0.1, 0.15) is 29.5 Å². The lowest BCUT2D eigenvalue weighted by molar-refractivity contribution is -0.0786. The minimum atomic E-state index is -1.65. The number of rotatable bonds is 5. The smallest absolute Gasteiger partial charge is 0.182 e. The molecule has 0 fully saturated rings. The molecule has 4 rings (SSSR count). The van der Waals surface area contributed by atoms with Crippen LogP contribution in [0.2, 0.25) is 5.02 Å². The van der Waals surface area contributed by atoms with Gasteiger partial charge in [0, 0.05) is 5.02 Å². The molecule has 8 nitrogen and oxygen atoms in total. The monoisotopic (exact) mass is 400 g/mol. The summed E-state index contributed by atoms with van der Waals surface area (Å²) < 4.78 is 1.51. The lowest BCUT2D eigenvalue weighted by atomic mass is 10.1. The van der Waals surface area contributed by atoms with Crippen LogP contribution in [0, 0.1) is 0 Å². The molecule has 0 bridgehead atoms. The molecule has 0 radical (unpaired) electrons. The Balaban J connectivity index is 1.98. The average Bonchev–Trinajstić information content (AvgIpc) is 3.09. The highest BCUT2D eigenvalue weighted by Crippen LogP contribution is 2.29. The van der Waals surface area contributed by atoms with Crippen molar-refractivity contribution in [2.75, 3.05) is 6.61 Å². The second-order valence-electron chi connectivity index (χ2n) is 6.35. The number of aromatic nitrogens is 4. The fraction of sp³-hybridized carbons (Fsp3) is 0.211. The first kappa shape index (κ1) is 18.7. The molecule has 4 aromatic rings. The predicted molar refractivity (Wildman–Crippen MR) is 103 cm³/mol. The third kappa shape index (κ3) is 3.21. The maximum Gasteiger partial charge on any atom is 0.182 e. The zero-order chi connectivity index (χ0) is 19.8. The van der Waals surface area contributed by atoms with Crippen molar-refractivity contribution in [1.82, 2.24) is 19.7 Å². The number of hydrogen-bond donors (Lipinski definition) is 4. The van der Waals surface area contributed by atoms with Gasteiger partial charge >= 0.3 is 0 Å². The molecule has 0 aliphatic heterocycles. The molecular formula is C19H17ClN4O4. The Labute approximate surface area is 164 Å². The van der Waals surface area contributed by atoms with E-state index in [1.807, 2.05) is 30.3 Å². The zero-order valence-electron chi connectivity index (χ0n) is 14.5. The molecule has 3 atom stereocenters. The normalized spacial score (nSPS) is 15.0. The second kappa shape index (κ2) is 7.42. The highest BCUT2D eigenvalue weighted by atomic mass is 35.5. The summed E-state index contributed by atoms with van der Waals surface area (Å²) in [6, 6.07) is 14.2. The van der Waals surface area contributed by atoms with Gasteiger partial charge in [0.25, 0.3) is 0 Å². The molecule has 0 aliphatic carbocycles. The van der Waals surface area contributed by atoms with Crippen molar-refractivity contribution >= 4 is 33.8 Å². The molecule has 0 amide bonds. The van der Waals surface area contributed by atoms with Crippen molar-refractivity contribution in [2.45, 2.75) is 18.3 Å². The van der Waals surface area contributed by atoms with Gasteiger partial charge in [-0.15, -0.1) is 0 Å². The van der Waals surface area contributed by atoms with Crippen LogP contribution < -0.4 is 0 Å². The van der Waals surface area contributed by atoms with Gasteiger partial charge in [-0.2, -0.15) is 5.10 Å². The number of fused-ring (bicyclic) bond motifs is 2. The number of aliphatic hydroxyl groups excluding tert-OH is 4. The van der Waals surface area contributed by atoms with E-state index < -0.39 is 24.9 Å². The number of halogens is 1. The van der Waals surface area contributed by atoms with E-state index in [1.165, 1.54) is 4.68 Å². The van der Waals surface area contributed by atoms with Crippen LogP contribution in [-0.2, 0) is 0 Å². The third-order valence-corrected chi connectivity index (χ3v) is 4.68. The molecule has 0 unspecified atom stereocenters. The van der Waals surface area contributed by atoms with Gasteiger partial charge in [-0.1, -0.05) is 29.8 Å². The maximum absolute atomic E-state index is 10.6. The summed E-state index contributed by atoms with van der Waals surface area (Å²) in [5.74, 6) is 0. The first-order valence-electron chi connectivity index (χ1n) is 8.56. The third-order valence-electron chi connectivity index (χ3n) is 4.44. The van der Waals surface area contributed by atoms with E-state index in [0.717, 1.165) is 0 Å². The Morgan fingerprint density at radius 1 is 0.964 bits per heavy atom. The van der Waals surface area contributed by atoms with E-state index in [1.54, 1.807) is 18.2 Å². The highest BCUT2D eigenvalue weighted by molar-refractivity contribution is 6.31. The van der Waals surface area contributed by atoms with Gasteiger partial charge < -0.3 is 20.4 Å². The van der Waals surface area contributed by atoms with Gasteiger partial charge in [-0.25, -0.2) is 14.6 Å². The summed E-state index contributed by atoms with van der Waals surface area (Å²) in [5.41, 5.74) is 2.44. The summed E-state index contributed by atoms with van der Waals surface area (Å²) in [7, 11) is 0. The van der Waals surface area contributed by atoms with E-state index in [-0.39, 0.29) is 11.2 Å². The Bertz CT molecular complexity index is 1140. The maximum atomic E-state index is 10.6. The first-order chi connectivity index (χ1) is 13.5. The minimum absolute atomic E-state index is 0.0354. The molecule has 0 saturated carbocycles. The molecule has 4 N–H and O–H groups in total. The summed E-state index contributed by atoms with van der Waals surface area (Å²) in [5, 5.41) is 44.4. The largest absolute Gasteiger partial charge is 0.394 e. The van der Waals surface area contributed by atoms with Crippen molar-refractivity contribution < 1.29 is 20.4 Å². The van der Waals surface area contributed by atoms with Crippen molar-refractivity contribution in [3.8, 4) is 5.69 Å². The van der Waals surface area contributed by atoms with Crippen molar-refractivity contribution in [2.24, 2.45) is 0 Å². The van der Waals surface area contributed by atoms with Gasteiger partial charge in [0.2, 0.25) is 0 Å². The summed E-state index contributed by atoms with van der Waals surface area (Å²) >= 11 is 6.05. The van der Waals surface area contributed by atoms with Crippen LogP contribution in [-0.4, -0.2) is 59.0 Å². The zero-order valence-corrected chi connectivity index (χ0v) is 15.3. The Kier molecular flexibility index (Phi) is 4.96. The van der Waals surface area contributed by atoms with Crippen molar-refractivity contribution in [3.05, 3.63) is 59.2 Å². The number of aliphatic hydroxyl groups is 4. The molecule has 0 aliphatic rings. The lowest BCUT2D eigenvalue weighted by Gasteiger charge is -2.19. The average molecular weight is 401 g/mol. The van der Waals surface area contributed by atoms with Crippen LogP contribution in [0.25, 0.3) is 27.9 Å². The topological polar surface area (TPSA) is 125 Å². The van der Waals surface area contributed by atoms with E-state index in [9.17, 15) is 15.3 Å². The van der Waals surface area contributed by atoms with Crippen molar-refractivity contribution in [1.29, 1.82) is 0 Å². The Morgan fingerprint density at radius 2 is 1.71 bits per heavy atom. The molecular weight excluding hydrogens is 384 g/mol. The SMILES string of the molecule is OC[C@@H](O)[C@@H](O)[C@H](O)c1nn(-c2ccccc2)c2nc3ccc(Cl)cc3nc12. The summed E-state index contributed by atoms with van der Waals surface area (Å²) in [6.07, 6.45) is -4.76. The molecule has 144 valence electrons. The Hall–Kier alpha value is -2.62.